The first-order valence-corrected chi connectivity index (χ1v) is 10.9. The number of amides is 1. The largest absolute Gasteiger partial charge is 0.355 e. The van der Waals surface area contributed by atoms with E-state index in [9.17, 15) is 13.2 Å². The van der Waals surface area contributed by atoms with Gasteiger partial charge in [0.25, 0.3) is 0 Å². The van der Waals surface area contributed by atoms with Crippen molar-refractivity contribution in [2.45, 2.75) is 30.7 Å². The van der Waals surface area contributed by atoms with Crippen molar-refractivity contribution in [3.63, 3.8) is 0 Å². The normalized spacial score (nSPS) is 19.5. The van der Waals surface area contributed by atoms with E-state index in [2.05, 4.69) is 47.4 Å². The summed E-state index contributed by atoms with van der Waals surface area (Å²) in [5.74, 6) is -0.208. The summed E-state index contributed by atoms with van der Waals surface area (Å²) in [6, 6.07) is 14.6. The third-order valence-electron chi connectivity index (χ3n) is 5.03. The highest BCUT2D eigenvalue weighted by molar-refractivity contribution is 7.89. The number of carbonyl (C=O) groups is 1. The van der Waals surface area contributed by atoms with Gasteiger partial charge in [-0.3, -0.25) is 10.2 Å². The highest BCUT2D eigenvalue weighted by atomic mass is 32.2. The summed E-state index contributed by atoms with van der Waals surface area (Å²) in [4.78, 5) is 12.7. The van der Waals surface area contributed by atoms with E-state index in [-0.39, 0.29) is 22.8 Å². The van der Waals surface area contributed by atoms with Crippen LogP contribution in [0.4, 0.5) is 0 Å². The molecule has 150 valence electrons. The first-order valence-electron chi connectivity index (χ1n) is 9.35. The van der Waals surface area contributed by atoms with Crippen LogP contribution in [0.3, 0.4) is 0 Å². The van der Waals surface area contributed by atoms with Gasteiger partial charge in [-0.1, -0.05) is 43.3 Å². The molecule has 3 rings (SSSR count). The average molecular weight is 403 g/mol. The Balaban J connectivity index is 1.55. The zero-order valence-corrected chi connectivity index (χ0v) is 16.6. The zero-order valence-electron chi connectivity index (χ0n) is 15.8. The number of carbonyl (C=O) groups excluding carboxylic acids is 1. The van der Waals surface area contributed by atoms with Crippen LogP contribution in [-0.2, 0) is 27.7 Å². The Morgan fingerprint density at radius 2 is 1.75 bits per heavy atom. The molecule has 8 heteroatoms. The van der Waals surface area contributed by atoms with E-state index in [1.54, 1.807) is 12.1 Å². The molecule has 1 aliphatic rings. The summed E-state index contributed by atoms with van der Waals surface area (Å²) < 4.78 is 22.6. The Morgan fingerprint density at radius 1 is 1.11 bits per heavy atom. The number of hydrazine groups is 1. The Kier molecular flexibility index (Phi) is 6.46. The maximum absolute atomic E-state index is 12.6. The minimum atomic E-state index is -3.69. The highest BCUT2D eigenvalue weighted by Gasteiger charge is 2.33. The Hall–Kier alpha value is -2.26. The molecule has 0 bridgehead atoms. The minimum Gasteiger partial charge on any atom is -0.355 e. The molecule has 28 heavy (non-hydrogen) atoms. The predicted octanol–water partition coefficient (Wildman–Crippen LogP) is 1.02. The number of nitrogens with two attached hydrogens (primary N) is 1. The molecular formula is C20H26N4O3S. The summed E-state index contributed by atoms with van der Waals surface area (Å²) in [6.45, 7) is 3.16. The Morgan fingerprint density at radius 3 is 2.36 bits per heavy atom. The number of sulfonamides is 1. The van der Waals surface area contributed by atoms with Crippen molar-refractivity contribution in [1.82, 2.24) is 16.2 Å². The van der Waals surface area contributed by atoms with Crippen LogP contribution in [0.15, 0.2) is 53.4 Å². The molecule has 0 spiro atoms. The monoisotopic (exact) mass is 402 g/mol. The first-order chi connectivity index (χ1) is 13.4. The molecule has 0 saturated carbocycles. The molecule has 2 aromatic carbocycles. The lowest BCUT2D eigenvalue weighted by atomic mass is 9.93. The quantitative estimate of drug-likeness (QED) is 0.552. The van der Waals surface area contributed by atoms with E-state index in [0.29, 0.717) is 19.5 Å². The number of nitrogens with one attached hydrogen (secondary N) is 3. The molecule has 1 amide bonds. The molecule has 0 aliphatic carbocycles. The summed E-state index contributed by atoms with van der Waals surface area (Å²) in [5, 5.41) is 8.08. The molecule has 2 aromatic rings. The van der Waals surface area contributed by atoms with Gasteiger partial charge < -0.3 is 5.32 Å². The van der Waals surface area contributed by atoms with E-state index in [0.717, 1.165) is 17.5 Å². The maximum atomic E-state index is 12.6. The summed E-state index contributed by atoms with van der Waals surface area (Å²) in [5.41, 5.74) is 9.55. The van der Waals surface area contributed by atoms with Gasteiger partial charge in [0.2, 0.25) is 15.9 Å². The third-order valence-corrected chi connectivity index (χ3v) is 5.96. The van der Waals surface area contributed by atoms with Gasteiger partial charge in [-0.15, -0.1) is 0 Å². The third kappa shape index (κ3) is 4.96. The van der Waals surface area contributed by atoms with Crippen LogP contribution in [0, 0.1) is 5.92 Å². The Labute approximate surface area is 165 Å². The Bertz CT molecular complexity index is 911. The van der Waals surface area contributed by atoms with E-state index >= 15 is 0 Å². The fourth-order valence-corrected chi connectivity index (χ4v) is 3.84. The topological polar surface area (TPSA) is 113 Å². The molecular weight excluding hydrogens is 376 g/mol. The van der Waals surface area contributed by atoms with Crippen molar-refractivity contribution in [3.05, 3.63) is 65.2 Å². The molecule has 0 aromatic heterocycles. The number of rotatable bonds is 7. The lowest BCUT2D eigenvalue weighted by molar-refractivity contribution is -0.124. The van der Waals surface area contributed by atoms with Crippen LogP contribution in [0.1, 0.15) is 29.7 Å². The van der Waals surface area contributed by atoms with Gasteiger partial charge in [0.15, 0.2) is 0 Å². The predicted molar refractivity (Wildman–Crippen MR) is 108 cm³/mol. The second-order valence-electron chi connectivity index (χ2n) is 6.93. The summed E-state index contributed by atoms with van der Waals surface area (Å²) in [7, 11) is -3.69. The zero-order chi connectivity index (χ0) is 20.1. The van der Waals surface area contributed by atoms with Crippen LogP contribution < -0.4 is 21.3 Å². The molecule has 7 nitrogen and oxygen atoms in total. The van der Waals surface area contributed by atoms with Crippen LogP contribution in [0.5, 0.6) is 0 Å². The van der Waals surface area contributed by atoms with Gasteiger partial charge in [-0.2, -0.15) is 0 Å². The van der Waals surface area contributed by atoms with Gasteiger partial charge >= 0.3 is 0 Å². The van der Waals surface area contributed by atoms with Crippen molar-refractivity contribution in [2.75, 3.05) is 13.1 Å². The van der Waals surface area contributed by atoms with E-state index < -0.39 is 10.0 Å². The molecule has 5 N–H and O–H groups in total. The fourth-order valence-electron chi connectivity index (χ4n) is 3.32. The molecule has 0 radical (unpaired) electrons. The fraction of sp³-hybridized carbons (Fsp3) is 0.350. The SMILES string of the molecule is CCc1ccc(C2NNCC2C(=O)NCCc2ccc(S(N)(=O)=O)cc2)cc1. The van der Waals surface area contributed by atoms with Crippen molar-refractivity contribution in [1.29, 1.82) is 0 Å². The van der Waals surface area contributed by atoms with Gasteiger partial charge in [0.05, 0.1) is 16.9 Å². The molecule has 2 atom stereocenters. The van der Waals surface area contributed by atoms with Gasteiger partial charge in [0.1, 0.15) is 0 Å². The number of primary sulfonamides is 1. The summed E-state index contributed by atoms with van der Waals surface area (Å²) >= 11 is 0. The standard InChI is InChI=1S/C20H26N4O3S/c1-2-14-3-7-16(8-4-14)19-18(13-23-24-19)20(25)22-12-11-15-5-9-17(10-6-15)28(21,26)27/h3-10,18-19,23-24H,2,11-13H2,1H3,(H,22,25)(H2,21,26,27). The van der Waals surface area contributed by atoms with Crippen molar-refractivity contribution < 1.29 is 13.2 Å². The molecule has 1 heterocycles. The van der Waals surface area contributed by atoms with E-state index in [1.807, 2.05) is 0 Å². The lowest BCUT2D eigenvalue weighted by Crippen LogP contribution is -2.36. The van der Waals surface area contributed by atoms with E-state index in [4.69, 9.17) is 5.14 Å². The van der Waals surface area contributed by atoms with Crippen molar-refractivity contribution in [2.24, 2.45) is 11.1 Å². The molecule has 1 aliphatic heterocycles. The van der Waals surface area contributed by atoms with Gasteiger partial charge in [-0.25, -0.2) is 19.0 Å². The van der Waals surface area contributed by atoms with Crippen molar-refractivity contribution >= 4 is 15.9 Å². The first kappa shape index (κ1) is 20.5. The maximum Gasteiger partial charge on any atom is 0.238 e. The highest BCUT2D eigenvalue weighted by Crippen LogP contribution is 2.25. The van der Waals surface area contributed by atoms with Crippen LogP contribution in [-0.4, -0.2) is 27.4 Å². The van der Waals surface area contributed by atoms with Crippen LogP contribution in [0.2, 0.25) is 0 Å². The lowest BCUT2D eigenvalue weighted by Gasteiger charge is -2.19. The van der Waals surface area contributed by atoms with E-state index in [1.165, 1.54) is 17.7 Å². The van der Waals surface area contributed by atoms with Gasteiger partial charge in [0, 0.05) is 13.1 Å². The number of hydrogen-bond acceptors (Lipinski definition) is 5. The number of hydrogen-bond donors (Lipinski definition) is 4. The number of aryl methyl sites for hydroxylation is 1. The number of benzene rings is 2. The smallest absolute Gasteiger partial charge is 0.238 e. The van der Waals surface area contributed by atoms with Gasteiger partial charge in [-0.05, 0) is 41.7 Å². The molecule has 1 saturated heterocycles. The van der Waals surface area contributed by atoms with Crippen molar-refractivity contribution in [3.8, 4) is 0 Å². The average Bonchev–Trinajstić information content (AvgIpc) is 3.17. The second-order valence-corrected chi connectivity index (χ2v) is 8.50. The van der Waals surface area contributed by atoms with Crippen LogP contribution in [0.25, 0.3) is 0 Å². The molecule has 1 fully saturated rings. The molecule has 2 unspecified atom stereocenters. The summed E-state index contributed by atoms with van der Waals surface area (Å²) in [6.07, 6.45) is 1.60. The second kappa shape index (κ2) is 8.83. The van der Waals surface area contributed by atoms with Crippen LogP contribution >= 0.6 is 0 Å². The minimum absolute atomic E-state index is 0.0109.